The predicted molar refractivity (Wildman–Crippen MR) is 67.5 cm³/mol. The van der Waals surface area contributed by atoms with Gasteiger partial charge in [0, 0.05) is 12.0 Å². The Bertz CT molecular complexity index is 302. The quantitative estimate of drug-likeness (QED) is 0.814. The maximum absolute atomic E-state index is 12.7. The molecule has 2 aliphatic rings. The Balaban J connectivity index is 2.08. The summed E-state index contributed by atoms with van der Waals surface area (Å²) in [6.07, 6.45) is 1.37. The molecule has 3 N–H and O–H groups in total. The number of nitrogens with two attached hydrogens (primary N) is 1. The third-order valence-corrected chi connectivity index (χ3v) is 5.46. The van der Waals surface area contributed by atoms with Gasteiger partial charge in [0.2, 0.25) is 0 Å². The first-order chi connectivity index (χ1) is 8.83. The lowest BCUT2D eigenvalue weighted by Gasteiger charge is -2.52. The summed E-state index contributed by atoms with van der Waals surface area (Å²) >= 11 is 0. The van der Waals surface area contributed by atoms with Crippen molar-refractivity contribution in [2.45, 2.75) is 69.6 Å². The van der Waals surface area contributed by atoms with E-state index in [1.807, 2.05) is 0 Å². The Morgan fingerprint density at radius 2 is 1.53 bits per heavy atom. The van der Waals surface area contributed by atoms with Gasteiger partial charge in [-0.3, -0.25) is 0 Å². The van der Waals surface area contributed by atoms with E-state index in [-0.39, 0.29) is 31.1 Å². The number of hydrogen-bond acceptors (Lipinski definition) is 2. The number of aliphatic hydroxyl groups is 1. The first-order valence-corrected chi connectivity index (χ1v) is 7.32. The molecule has 2 aliphatic carbocycles. The Labute approximate surface area is 112 Å². The predicted octanol–water partition coefficient (Wildman–Crippen LogP) is 3.38. The molecule has 19 heavy (non-hydrogen) atoms. The molecule has 0 heterocycles. The standard InChI is InChI=1S/C14H24F3NO/c15-14(16,17)11-4-8-13(19,9-5-11)12(10-18)6-2-1-3-7-12/h11,19H,1-10,18H2. The monoisotopic (exact) mass is 279 g/mol. The molecule has 2 saturated carbocycles. The Morgan fingerprint density at radius 3 is 1.95 bits per heavy atom. The second-order valence-electron chi connectivity index (χ2n) is 6.39. The largest absolute Gasteiger partial charge is 0.391 e. The molecule has 0 radical (unpaired) electrons. The van der Waals surface area contributed by atoms with E-state index in [2.05, 4.69) is 0 Å². The summed E-state index contributed by atoms with van der Waals surface area (Å²) in [6.45, 7) is 0.389. The summed E-state index contributed by atoms with van der Waals surface area (Å²) in [6, 6.07) is 0. The second kappa shape index (κ2) is 5.24. The second-order valence-corrected chi connectivity index (χ2v) is 6.39. The maximum atomic E-state index is 12.7. The average Bonchev–Trinajstić information content (AvgIpc) is 2.39. The molecule has 0 spiro atoms. The fraction of sp³-hybridized carbons (Fsp3) is 1.00. The van der Waals surface area contributed by atoms with E-state index in [0.29, 0.717) is 6.54 Å². The first kappa shape index (κ1) is 15.1. The van der Waals surface area contributed by atoms with E-state index in [1.54, 1.807) is 0 Å². The van der Waals surface area contributed by atoms with E-state index in [1.165, 1.54) is 0 Å². The van der Waals surface area contributed by atoms with Gasteiger partial charge in [-0.1, -0.05) is 19.3 Å². The van der Waals surface area contributed by atoms with Crippen LogP contribution in [0.15, 0.2) is 0 Å². The van der Waals surface area contributed by atoms with Crippen molar-refractivity contribution in [1.29, 1.82) is 0 Å². The Hall–Kier alpha value is -0.290. The molecule has 0 aromatic heterocycles. The van der Waals surface area contributed by atoms with Crippen LogP contribution in [0.1, 0.15) is 57.8 Å². The molecule has 0 aromatic carbocycles. The smallest absolute Gasteiger partial charge is 0.389 e. The first-order valence-electron chi connectivity index (χ1n) is 7.32. The zero-order valence-corrected chi connectivity index (χ0v) is 11.3. The van der Waals surface area contributed by atoms with Gasteiger partial charge in [0.1, 0.15) is 0 Å². The minimum absolute atomic E-state index is 0.0434. The van der Waals surface area contributed by atoms with Gasteiger partial charge in [-0.15, -0.1) is 0 Å². The summed E-state index contributed by atoms with van der Waals surface area (Å²) in [4.78, 5) is 0. The highest BCUT2D eigenvalue weighted by atomic mass is 19.4. The molecule has 2 nitrogen and oxygen atoms in total. The Kier molecular flexibility index (Phi) is 4.17. The highest BCUT2D eigenvalue weighted by molar-refractivity contribution is 5.03. The SMILES string of the molecule is NCC1(C2(O)CCC(C(F)(F)F)CC2)CCCCC1. The van der Waals surface area contributed by atoms with Crippen molar-refractivity contribution in [2.24, 2.45) is 17.1 Å². The van der Waals surface area contributed by atoms with Crippen molar-refractivity contribution >= 4 is 0 Å². The van der Waals surface area contributed by atoms with Gasteiger partial charge in [0.25, 0.3) is 0 Å². The van der Waals surface area contributed by atoms with Crippen molar-refractivity contribution in [3.63, 3.8) is 0 Å². The van der Waals surface area contributed by atoms with E-state index in [9.17, 15) is 18.3 Å². The lowest BCUT2D eigenvalue weighted by atomic mass is 9.57. The van der Waals surface area contributed by atoms with Crippen LogP contribution in [0.5, 0.6) is 0 Å². The van der Waals surface area contributed by atoms with Crippen LogP contribution in [0, 0.1) is 11.3 Å². The molecule has 0 bridgehead atoms. The molecular formula is C14H24F3NO. The van der Waals surface area contributed by atoms with Crippen molar-refractivity contribution in [3.05, 3.63) is 0 Å². The van der Waals surface area contributed by atoms with E-state index in [0.717, 1.165) is 32.1 Å². The molecule has 5 heteroatoms. The highest BCUT2D eigenvalue weighted by Gasteiger charge is 2.53. The number of hydrogen-bond donors (Lipinski definition) is 2. The maximum Gasteiger partial charge on any atom is 0.391 e. The summed E-state index contributed by atoms with van der Waals surface area (Å²) < 4.78 is 38.1. The number of alkyl halides is 3. The van der Waals surface area contributed by atoms with Gasteiger partial charge in [-0.25, -0.2) is 0 Å². The molecule has 0 aliphatic heterocycles. The van der Waals surface area contributed by atoms with Gasteiger partial charge in [-0.2, -0.15) is 13.2 Å². The zero-order valence-electron chi connectivity index (χ0n) is 11.3. The van der Waals surface area contributed by atoms with E-state index < -0.39 is 17.7 Å². The minimum Gasteiger partial charge on any atom is -0.389 e. The topological polar surface area (TPSA) is 46.2 Å². The summed E-state index contributed by atoms with van der Waals surface area (Å²) in [5.74, 6) is -1.24. The van der Waals surface area contributed by atoms with Crippen LogP contribution in [0.3, 0.4) is 0 Å². The molecule has 0 unspecified atom stereocenters. The molecule has 0 aromatic rings. The summed E-state index contributed by atoms with van der Waals surface area (Å²) in [7, 11) is 0. The van der Waals surface area contributed by atoms with Crippen molar-refractivity contribution in [3.8, 4) is 0 Å². The van der Waals surface area contributed by atoms with Gasteiger partial charge in [0.15, 0.2) is 0 Å². The van der Waals surface area contributed by atoms with Crippen LogP contribution in [0.2, 0.25) is 0 Å². The Morgan fingerprint density at radius 1 is 1.00 bits per heavy atom. The van der Waals surface area contributed by atoms with E-state index >= 15 is 0 Å². The van der Waals surface area contributed by atoms with Gasteiger partial charge < -0.3 is 10.8 Å². The average molecular weight is 279 g/mol. The summed E-state index contributed by atoms with van der Waals surface area (Å²) in [5, 5.41) is 10.9. The van der Waals surface area contributed by atoms with Gasteiger partial charge >= 0.3 is 6.18 Å². The molecular weight excluding hydrogens is 255 g/mol. The van der Waals surface area contributed by atoms with Crippen LogP contribution < -0.4 is 5.73 Å². The fourth-order valence-corrected chi connectivity index (χ4v) is 4.04. The lowest BCUT2D eigenvalue weighted by molar-refractivity contribution is -0.206. The molecule has 0 saturated heterocycles. The van der Waals surface area contributed by atoms with Crippen LogP contribution >= 0.6 is 0 Å². The van der Waals surface area contributed by atoms with Crippen molar-refractivity contribution < 1.29 is 18.3 Å². The van der Waals surface area contributed by atoms with Crippen LogP contribution in [0.25, 0.3) is 0 Å². The molecule has 2 rings (SSSR count). The number of rotatable bonds is 2. The van der Waals surface area contributed by atoms with Gasteiger partial charge in [-0.05, 0) is 38.5 Å². The lowest BCUT2D eigenvalue weighted by Crippen LogP contribution is -2.56. The van der Waals surface area contributed by atoms with Crippen LogP contribution in [-0.2, 0) is 0 Å². The minimum atomic E-state index is -4.12. The molecule has 2 fully saturated rings. The third kappa shape index (κ3) is 2.77. The van der Waals surface area contributed by atoms with Crippen LogP contribution in [0.4, 0.5) is 13.2 Å². The normalized spacial score (nSPS) is 36.2. The van der Waals surface area contributed by atoms with Crippen molar-refractivity contribution in [1.82, 2.24) is 0 Å². The summed E-state index contributed by atoms with van der Waals surface area (Å²) in [5.41, 5.74) is 4.56. The number of halogens is 3. The highest BCUT2D eigenvalue weighted by Crippen LogP contribution is 2.53. The molecule has 0 atom stereocenters. The zero-order chi connectivity index (χ0) is 14.1. The fourth-order valence-electron chi connectivity index (χ4n) is 4.04. The van der Waals surface area contributed by atoms with E-state index in [4.69, 9.17) is 5.73 Å². The third-order valence-electron chi connectivity index (χ3n) is 5.46. The van der Waals surface area contributed by atoms with Crippen molar-refractivity contribution in [2.75, 3.05) is 6.54 Å². The van der Waals surface area contributed by atoms with Crippen LogP contribution in [-0.4, -0.2) is 23.4 Å². The van der Waals surface area contributed by atoms with Gasteiger partial charge in [0.05, 0.1) is 11.5 Å². The molecule has 0 amide bonds. The molecule has 112 valence electrons.